The van der Waals surface area contributed by atoms with Gasteiger partial charge < -0.3 is 10.1 Å². The van der Waals surface area contributed by atoms with E-state index in [1.54, 1.807) is 11.8 Å². The molecule has 0 amide bonds. The lowest BCUT2D eigenvalue weighted by molar-refractivity contribution is 0.136. The normalized spacial score (nSPS) is 19.6. The van der Waals surface area contributed by atoms with Gasteiger partial charge in [0, 0.05) is 18.0 Å². The fraction of sp³-hybridized carbons (Fsp3) is 0.381. The second kappa shape index (κ2) is 9.49. The highest BCUT2D eigenvalue weighted by atomic mass is 35.5. The Morgan fingerprint density at radius 2 is 1.89 bits per heavy atom. The highest BCUT2D eigenvalue weighted by molar-refractivity contribution is 7.99. The summed E-state index contributed by atoms with van der Waals surface area (Å²) < 4.78 is 6.38. The van der Waals surface area contributed by atoms with Crippen LogP contribution in [0.15, 0.2) is 53.6 Å². The van der Waals surface area contributed by atoms with Crippen LogP contribution in [0.25, 0.3) is 10.9 Å². The van der Waals surface area contributed by atoms with Gasteiger partial charge in [-0.3, -0.25) is 5.10 Å². The molecule has 4 nitrogen and oxygen atoms in total. The first-order valence-electron chi connectivity index (χ1n) is 9.27. The van der Waals surface area contributed by atoms with E-state index in [0.29, 0.717) is 12.1 Å². The summed E-state index contributed by atoms with van der Waals surface area (Å²) in [5.74, 6) is 0.993. The van der Waals surface area contributed by atoms with E-state index in [9.17, 15) is 0 Å². The van der Waals surface area contributed by atoms with Crippen molar-refractivity contribution in [1.82, 2.24) is 15.5 Å². The van der Waals surface area contributed by atoms with Crippen LogP contribution in [0.1, 0.15) is 31.2 Å². The Bertz CT molecular complexity index is 847. The molecule has 1 saturated carbocycles. The number of halogens is 1. The van der Waals surface area contributed by atoms with E-state index >= 15 is 0 Å². The van der Waals surface area contributed by atoms with Crippen LogP contribution in [-0.2, 0) is 6.54 Å². The van der Waals surface area contributed by atoms with E-state index in [-0.39, 0.29) is 12.4 Å². The molecule has 1 aromatic heterocycles. The molecule has 3 aromatic rings. The Balaban J connectivity index is 0.00000210. The molecule has 2 aromatic carbocycles. The summed E-state index contributed by atoms with van der Waals surface area (Å²) in [5.41, 5.74) is 2.42. The zero-order chi connectivity index (χ0) is 17.8. The maximum absolute atomic E-state index is 6.38. The molecular weight excluding hydrogens is 378 g/mol. The molecule has 1 aliphatic rings. The minimum Gasteiger partial charge on any atom is -0.489 e. The number of nitrogens with one attached hydrogen (secondary N) is 2. The summed E-state index contributed by atoms with van der Waals surface area (Å²) >= 11 is 1.73. The lowest BCUT2D eigenvalue weighted by Gasteiger charge is -2.30. The molecule has 0 saturated heterocycles. The molecule has 6 heteroatoms. The van der Waals surface area contributed by atoms with Gasteiger partial charge in [0.1, 0.15) is 5.75 Å². The Morgan fingerprint density at radius 3 is 2.63 bits per heavy atom. The summed E-state index contributed by atoms with van der Waals surface area (Å²) in [7, 11) is 0. The van der Waals surface area contributed by atoms with Crippen LogP contribution in [0.5, 0.6) is 5.75 Å². The molecule has 0 unspecified atom stereocenters. The van der Waals surface area contributed by atoms with Gasteiger partial charge in [0.05, 0.1) is 22.7 Å². The fourth-order valence-corrected chi connectivity index (χ4v) is 4.40. The zero-order valence-corrected chi connectivity index (χ0v) is 17.1. The van der Waals surface area contributed by atoms with Crippen LogP contribution in [0.3, 0.4) is 0 Å². The van der Waals surface area contributed by atoms with Crippen molar-refractivity contribution in [3.8, 4) is 5.75 Å². The molecule has 0 spiro atoms. The molecule has 4 rings (SSSR count). The molecule has 1 heterocycles. The standard InChI is InChI=1S/C21H25N3OS.ClH/c1-26-21-18-14-23-24-19(18)11-12-20(21)25-17-9-7-16(8-10-17)22-13-15-5-3-2-4-6-15;/h2-6,11-12,14,16-17,22H,7-10,13H2,1H3,(H,23,24);1H. The highest BCUT2D eigenvalue weighted by Gasteiger charge is 2.23. The topological polar surface area (TPSA) is 49.9 Å². The van der Waals surface area contributed by atoms with Crippen molar-refractivity contribution in [2.75, 3.05) is 6.26 Å². The number of hydrogen-bond donors (Lipinski definition) is 2. The summed E-state index contributed by atoms with van der Waals surface area (Å²) in [6, 6.07) is 15.3. The molecule has 2 N–H and O–H groups in total. The monoisotopic (exact) mass is 403 g/mol. The van der Waals surface area contributed by atoms with Crippen molar-refractivity contribution >= 4 is 35.1 Å². The number of H-pyrrole nitrogens is 1. The van der Waals surface area contributed by atoms with Crippen LogP contribution in [0, 0.1) is 0 Å². The molecule has 144 valence electrons. The predicted octanol–water partition coefficient (Wildman–Crippen LogP) is 5.19. The Kier molecular flexibility index (Phi) is 7.05. The molecule has 1 aliphatic carbocycles. The van der Waals surface area contributed by atoms with E-state index < -0.39 is 0 Å². The van der Waals surface area contributed by atoms with E-state index in [4.69, 9.17) is 4.74 Å². The van der Waals surface area contributed by atoms with Crippen LogP contribution in [0.4, 0.5) is 0 Å². The first-order valence-corrected chi connectivity index (χ1v) is 10.5. The number of aromatic nitrogens is 2. The minimum absolute atomic E-state index is 0. The number of hydrogen-bond acceptors (Lipinski definition) is 4. The molecule has 0 atom stereocenters. The molecule has 27 heavy (non-hydrogen) atoms. The third-order valence-electron chi connectivity index (χ3n) is 5.15. The first kappa shape index (κ1) is 20.1. The highest BCUT2D eigenvalue weighted by Crippen LogP contribution is 2.36. The van der Waals surface area contributed by atoms with Crippen LogP contribution >= 0.6 is 24.2 Å². The average molecular weight is 404 g/mol. The van der Waals surface area contributed by atoms with Crippen molar-refractivity contribution in [2.45, 2.75) is 49.3 Å². The number of thioether (sulfide) groups is 1. The third kappa shape index (κ3) is 4.78. The smallest absolute Gasteiger partial charge is 0.134 e. The summed E-state index contributed by atoms with van der Waals surface area (Å²) in [4.78, 5) is 1.18. The van der Waals surface area contributed by atoms with Gasteiger partial charge in [-0.05, 0) is 49.6 Å². The molecule has 1 fully saturated rings. The zero-order valence-electron chi connectivity index (χ0n) is 15.5. The third-order valence-corrected chi connectivity index (χ3v) is 5.98. The van der Waals surface area contributed by atoms with Gasteiger partial charge in [0.2, 0.25) is 0 Å². The maximum atomic E-state index is 6.38. The average Bonchev–Trinajstić information content (AvgIpc) is 3.17. The lowest BCUT2D eigenvalue weighted by atomic mass is 9.92. The second-order valence-corrected chi connectivity index (χ2v) is 7.70. The molecule has 0 bridgehead atoms. The summed E-state index contributed by atoms with van der Waals surface area (Å²) in [6.07, 6.45) is 8.82. The number of aromatic amines is 1. The number of fused-ring (bicyclic) bond motifs is 1. The van der Waals surface area contributed by atoms with Gasteiger partial charge in [-0.2, -0.15) is 5.10 Å². The maximum Gasteiger partial charge on any atom is 0.134 e. The summed E-state index contributed by atoms with van der Waals surface area (Å²) in [5, 5.41) is 12.0. The van der Waals surface area contributed by atoms with Crippen molar-refractivity contribution < 1.29 is 4.74 Å². The number of rotatable bonds is 6. The van der Waals surface area contributed by atoms with Gasteiger partial charge in [0.15, 0.2) is 0 Å². The van der Waals surface area contributed by atoms with Gasteiger partial charge >= 0.3 is 0 Å². The Labute approximate surface area is 170 Å². The van der Waals surface area contributed by atoms with Crippen molar-refractivity contribution in [3.63, 3.8) is 0 Å². The number of ether oxygens (including phenoxy) is 1. The summed E-state index contributed by atoms with van der Waals surface area (Å²) in [6.45, 7) is 0.949. The van der Waals surface area contributed by atoms with Crippen molar-refractivity contribution in [1.29, 1.82) is 0 Å². The van der Waals surface area contributed by atoms with Crippen LogP contribution < -0.4 is 10.1 Å². The molecular formula is C21H26ClN3OS. The SMILES string of the molecule is CSc1c(OC2CCC(NCc3ccccc3)CC2)ccc2[nH]ncc12.Cl. The Hall–Kier alpha value is -1.69. The van der Waals surface area contributed by atoms with Crippen molar-refractivity contribution in [3.05, 3.63) is 54.2 Å². The van der Waals surface area contributed by atoms with E-state index in [0.717, 1.165) is 36.0 Å². The van der Waals surface area contributed by atoms with Crippen LogP contribution in [0.2, 0.25) is 0 Å². The van der Waals surface area contributed by atoms with Crippen molar-refractivity contribution in [2.24, 2.45) is 0 Å². The van der Waals surface area contributed by atoms with Gasteiger partial charge in [-0.25, -0.2) is 0 Å². The quantitative estimate of drug-likeness (QED) is 0.556. The number of nitrogens with zero attached hydrogens (tertiary/aromatic N) is 1. The fourth-order valence-electron chi connectivity index (χ4n) is 3.70. The molecule has 0 radical (unpaired) electrons. The van der Waals surface area contributed by atoms with E-state index in [1.807, 2.05) is 6.20 Å². The second-order valence-electron chi connectivity index (χ2n) is 6.89. The molecule has 0 aliphatic heterocycles. The largest absolute Gasteiger partial charge is 0.489 e. The van der Waals surface area contributed by atoms with Gasteiger partial charge in [-0.1, -0.05) is 30.3 Å². The first-order chi connectivity index (χ1) is 12.8. The minimum atomic E-state index is 0. The van der Waals surface area contributed by atoms with Gasteiger partial charge in [0.25, 0.3) is 0 Å². The Morgan fingerprint density at radius 1 is 1.11 bits per heavy atom. The van der Waals surface area contributed by atoms with E-state index in [2.05, 4.69) is 64.2 Å². The number of benzene rings is 2. The predicted molar refractivity (Wildman–Crippen MR) is 115 cm³/mol. The van der Waals surface area contributed by atoms with Crippen LogP contribution in [-0.4, -0.2) is 28.6 Å². The van der Waals surface area contributed by atoms with Gasteiger partial charge in [-0.15, -0.1) is 24.2 Å². The lowest BCUT2D eigenvalue weighted by Crippen LogP contribution is -2.36. The van der Waals surface area contributed by atoms with E-state index in [1.165, 1.54) is 23.3 Å².